The van der Waals surface area contributed by atoms with Crippen LogP contribution in [0.2, 0.25) is 0 Å². The van der Waals surface area contributed by atoms with Crippen molar-refractivity contribution in [1.29, 1.82) is 0 Å². The van der Waals surface area contributed by atoms with Crippen LogP contribution in [-0.2, 0) is 9.59 Å². The van der Waals surface area contributed by atoms with Crippen LogP contribution in [0, 0.1) is 23.2 Å². The standard InChI is InChI=1S/C25H36N2O4/c1-4-30-21-7-6-20(11-22(21)31-5-2)16(3)27-23(28)15-26-24(29)25-12-17-8-18(13-25)10-19(9-17)14-25/h6-7,11,16-19H,4-5,8-10,12-15H2,1-3H3,(H,26,29)(H,27,28). The lowest BCUT2D eigenvalue weighted by molar-refractivity contribution is -0.147. The number of rotatable bonds is 9. The summed E-state index contributed by atoms with van der Waals surface area (Å²) in [5, 5.41) is 5.95. The van der Waals surface area contributed by atoms with Crippen molar-refractivity contribution >= 4 is 11.8 Å². The Bertz CT molecular complexity index is 786. The fourth-order valence-corrected chi connectivity index (χ4v) is 6.45. The molecule has 4 saturated carbocycles. The summed E-state index contributed by atoms with van der Waals surface area (Å²) in [5.41, 5.74) is 0.718. The third-order valence-electron chi connectivity index (χ3n) is 7.37. The lowest BCUT2D eigenvalue weighted by atomic mass is 9.49. The van der Waals surface area contributed by atoms with Gasteiger partial charge in [-0.25, -0.2) is 0 Å². The highest BCUT2D eigenvalue weighted by Gasteiger charge is 2.54. The van der Waals surface area contributed by atoms with Crippen molar-refractivity contribution in [3.8, 4) is 11.5 Å². The Labute approximate surface area is 185 Å². The molecule has 170 valence electrons. The molecule has 4 aliphatic carbocycles. The summed E-state index contributed by atoms with van der Waals surface area (Å²) < 4.78 is 11.3. The molecule has 31 heavy (non-hydrogen) atoms. The predicted octanol–water partition coefficient (Wildman–Crippen LogP) is 3.99. The highest BCUT2D eigenvalue weighted by atomic mass is 16.5. The van der Waals surface area contributed by atoms with Gasteiger partial charge in [-0.3, -0.25) is 9.59 Å². The van der Waals surface area contributed by atoms with Gasteiger partial charge in [0.25, 0.3) is 0 Å². The number of hydrogen-bond donors (Lipinski definition) is 2. The van der Waals surface area contributed by atoms with E-state index in [0.29, 0.717) is 42.5 Å². The molecule has 4 fully saturated rings. The molecule has 1 aromatic rings. The molecule has 0 aromatic heterocycles. The van der Waals surface area contributed by atoms with Gasteiger partial charge >= 0.3 is 0 Å². The van der Waals surface area contributed by atoms with E-state index >= 15 is 0 Å². The molecule has 0 radical (unpaired) electrons. The summed E-state index contributed by atoms with van der Waals surface area (Å²) in [4.78, 5) is 25.6. The van der Waals surface area contributed by atoms with E-state index in [1.54, 1.807) is 0 Å². The zero-order chi connectivity index (χ0) is 22.0. The maximum absolute atomic E-state index is 13.1. The van der Waals surface area contributed by atoms with E-state index in [1.807, 2.05) is 39.0 Å². The maximum Gasteiger partial charge on any atom is 0.239 e. The van der Waals surface area contributed by atoms with Crippen molar-refractivity contribution < 1.29 is 19.1 Å². The molecule has 6 heteroatoms. The zero-order valence-corrected chi connectivity index (χ0v) is 19.0. The lowest BCUT2D eigenvalue weighted by Crippen LogP contribution is -2.54. The van der Waals surface area contributed by atoms with Crippen molar-refractivity contribution in [2.45, 2.75) is 65.3 Å². The molecule has 1 unspecified atom stereocenters. The average Bonchev–Trinajstić information content (AvgIpc) is 2.72. The molecule has 6 nitrogen and oxygen atoms in total. The molecule has 0 saturated heterocycles. The molecule has 2 amide bonds. The average molecular weight is 429 g/mol. The lowest BCUT2D eigenvalue weighted by Gasteiger charge is -2.55. The summed E-state index contributed by atoms with van der Waals surface area (Å²) in [6, 6.07) is 5.53. The second kappa shape index (κ2) is 9.09. The topological polar surface area (TPSA) is 76.7 Å². The minimum atomic E-state index is -0.220. The number of benzene rings is 1. The van der Waals surface area contributed by atoms with Crippen LogP contribution in [0.1, 0.15) is 70.9 Å². The number of carbonyl (C=O) groups excluding carboxylic acids is 2. The van der Waals surface area contributed by atoms with E-state index in [0.717, 1.165) is 24.8 Å². The van der Waals surface area contributed by atoms with E-state index in [-0.39, 0.29) is 29.8 Å². The highest BCUT2D eigenvalue weighted by Crippen LogP contribution is 2.60. The van der Waals surface area contributed by atoms with E-state index in [2.05, 4.69) is 10.6 Å². The number of ether oxygens (including phenoxy) is 2. The summed E-state index contributed by atoms with van der Waals surface area (Å²) in [7, 11) is 0. The van der Waals surface area contributed by atoms with Crippen LogP contribution in [0.25, 0.3) is 0 Å². The predicted molar refractivity (Wildman–Crippen MR) is 119 cm³/mol. The number of carbonyl (C=O) groups is 2. The Morgan fingerprint density at radius 1 is 1.00 bits per heavy atom. The van der Waals surface area contributed by atoms with Gasteiger partial charge < -0.3 is 20.1 Å². The van der Waals surface area contributed by atoms with Crippen LogP contribution in [0.4, 0.5) is 0 Å². The molecular weight excluding hydrogens is 392 g/mol. The molecule has 1 aromatic carbocycles. The molecule has 4 bridgehead atoms. The normalized spacial score (nSPS) is 29.3. The Morgan fingerprint density at radius 2 is 1.58 bits per heavy atom. The highest BCUT2D eigenvalue weighted by molar-refractivity contribution is 5.88. The van der Waals surface area contributed by atoms with Crippen molar-refractivity contribution in [1.82, 2.24) is 10.6 Å². The quantitative estimate of drug-likeness (QED) is 0.623. The Hall–Kier alpha value is -2.24. The smallest absolute Gasteiger partial charge is 0.239 e. The van der Waals surface area contributed by atoms with Gasteiger partial charge in [0.05, 0.1) is 25.8 Å². The SMILES string of the molecule is CCOc1ccc(C(C)NC(=O)CNC(=O)C23CC4CC(CC(C4)C2)C3)cc1OCC. The summed E-state index contributed by atoms with van der Waals surface area (Å²) in [6.45, 7) is 6.94. The van der Waals surface area contributed by atoms with Crippen LogP contribution in [0.15, 0.2) is 18.2 Å². The van der Waals surface area contributed by atoms with Gasteiger partial charge in [0, 0.05) is 5.41 Å². The molecule has 4 aliphatic rings. The van der Waals surface area contributed by atoms with E-state index in [1.165, 1.54) is 19.3 Å². The molecule has 2 N–H and O–H groups in total. The van der Waals surface area contributed by atoms with Crippen LogP contribution in [0.3, 0.4) is 0 Å². The summed E-state index contributed by atoms with van der Waals surface area (Å²) in [5.74, 6) is 3.44. The first kappa shape index (κ1) is 22.0. The van der Waals surface area contributed by atoms with Crippen LogP contribution < -0.4 is 20.1 Å². The summed E-state index contributed by atoms with van der Waals surface area (Å²) >= 11 is 0. The Balaban J connectivity index is 1.31. The molecule has 0 heterocycles. The van der Waals surface area contributed by atoms with E-state index in [9.17, 15) is 9.59 Å². The monoisotopic (exact) mass is 428 g/mol. The third kappa shape index (κ3) is 4.68. The molecular formula is C25H36N2O4. The van der Waals surface area contributed by atoms with E-state index < -0.39 is 0 Å². The minimum Gasteiger partial charge on any atom is -0.490 e. The molecule has 0 aliphatic heterocycles. The fourth-order valence-electron chi connectivity index (χ4n) is 6.45. The Kier molecular flexibility index (Phi) is 6.44. The zero-order valence-electron chi connectivity index (χ0n) is 19.0. The van der Waals surface area contributed by atoms with Gasteiger partial charge in [-0.15, -0.1) is 0 Å². The van der Waals surface area contributed by atoms with Crippen molar-refractivity contribution in [3.63, 3.8) is 0 Å². The largest absolute Gasteiger partial charge is 0.490 e. The second-order valence-corrected chi connectivity index (χ2v) is 9.74. The first-order chi connectivity index (χ1) is 14.9. The van der Waals surface area contributed by atoms with Crippen LogP contribution in [-0.4, -0.2) is 31.6 Å². The Morgan fingerprint density at radius 3 is 2.16 bits per heavy atom. The van der Waals surface area contributed by atoms with Crippen molar-refractivity contribution in [2.75, 3.05) is 19.8 Å². The minimum absolute atomic E-state index is 0.0280. The molecule has 0 spiro atoms. The number of amides is 2. The number of hydrogen-bond acceptors (Lipinski definition) is 4. The fraction of sp³-hybridized carbons (Fsp3) is 0.680. The molecule has 5 rings (SSSR count). The van der Waals surface area contributed by atoms with Gasteiger partial charge in [-0.1, -0.05) is 6.07 Å². The molecule has 1 atom stereocenters. The van der Waals surface area contributed by atoms with Gasteiger partial charge in [-0.05, 0) is 94.7 Å². The van der Waals surface area contributed by atoms with Crippen molar-refractivity contribution in [3.05, 3.63) is 23.8 Å². The van der Waals surface area contributed by atoms with Gasteiger partial charge in [0.15, 0.2) is 11.5 Å². The summed E-state index contributed by atoms with van der Waals surface area (Å²) in [6.07, 6.45) is 6.93. The first-order valence-corrected chi connectivity index (χ1v) is 11.9. The third-order valence-corrected chi connectivity index (χ3v) is 7.37. The first-order valence-electron chi connectivity index (χ1n) is 11.9. The second-order valence-electron chi connectivity index (χ2n) is 9.74. The van der Waals surface area contributed by atoms with Gasteiger partial charge in [0.1, 0.15) is 0 Å². The van der Waals surface area contributed by atoms with Gasteiger partial charge in [-0.2, -0.15) is 0 Å². The maximum atomic E-state index is 13.1. The van der Waals surface area contributed by atoms with Crippen LogP contribution >= 0.6 is 0 Å². The van der Waals surface area contributed by atoms with E-state index in [4.69, 9.17) is 9.47 Å². The number of nitrogens with one attached hydrogen (secondary N) is 2. The van der Waals surface area contributed by atoms with Crippen molar-refractivity contribution in [2.24, 2.45) is 23.2 Å². The van der Waals surface area contributed by atoms with Crippen LogP contribution in [0.5, 0.6) is 11.5 Å². The van der Waals surface area contributed by atoms with Gasteiger partial charge in [0.2, 0.25) is 11.8 Å².